The SMILES string of the molecule is Nc1ncc(C(=O)NC[C@@H]2CCCO2)cc1[N+](=O)[O-]. The number of carbonyl (C=O) groups is 1. The van der Waals surface area contributed by atoms with Gasteiger partial charge in [0.15, 0.2) is 0 Å². The number of nitrogens with two attached hydrogens (primary N) is 1. The number of amides is 1. The Labute approximate surface area is 109 Å². The van der Waals surface area contributed by atoms with Crippen LogP contribution in [0.25, 0.3) is 0 Å². The lowest BCUT2D eigenvalue weighted by Gasteiger charge is -2.10. The van der Waals surface area contributed by atoms with E-state index in [2.05, 4.69) is 10.3 Å². The van der Waals surface area contributed by atoms with E-state index in [1.165, 1.54) is 6.20 Å². The number of hydrogen-bond donors (Lipinski definition) is 2. The van der Waals surface area contributed by atoms with Gasteiger partial charge in [-0.05, 0) is 12.8 Å². The van der Waals surface area contributed by atoms with Crippen molar-refractivity contribution >= 4 is 17.4 Å². The summed E-state index contributed by atoms with van der Waals surface area (Å²) in [7, 11) is 0. The molecule has 1 aromatic rings. The second kappa shape index (κ2) is 5.61. The normalized spacial score (nSPS) is 18.2. The Kier molecular flexibility index (Phi) is 3.91. The first kappa shape index (κ1) is 13.2. The van der Waals surface area contributed by atoms with Crippen LogP contribution in [0.1, 0.15) is 23.2 Å². The zero-order chi connectivity index (χ0) is 13.8. The molecular formula is C11H14N4O4. The van der Waals surface area contributed by atoms with Gasteiger partial charge in [-0.1, -0.05) is 0 Å². The first-order valence-electron chi connectivity index (χ1n) is 5.87. The second-order valence-electron chi connectivity index (χ2n) is 4.23. The van der Waals surface area contributed by atoms with Crippen molar-refractivity contribution in [1.29, 1.82) is 0 Å². The third-order valence-corrected chi connectivity index (χ3v) is 2.87. The molecule has 0 saturated carbocycles. The van der Waals surface area contributed by atoms with E-state index in [-0.39, 0.29) is 23.2 Å². The molecule has 8 nitrogen and oxygen atoms in total. The van der Waals surface area contributed by atoms with E-state index >= 15 is 0 Å². The smallest absolute Gasteiger partial charge is 0.311 e. The molecule has 1 aliphatic rings. The number of ether oxygens (including phenoxy) is 1. The molecule has 0 radical (unpaired) electrons. The number of rotatable bonds is 4. The standard InChI is InChI=1S/C11H14N4O4/c12-10-9(15(17)18)4-7(5-13-10)11(16)14-6-8-2-1-3-19-8/h4-5,8H,1-3,6H2,(H2,12,13)(H,14,16)/t8-/m0/s1. The molecule has 0 bridgehead atoms. The molecule has 0 aromatic carbocycles. The van der Waals surface area contributed by atoms with Crippen LogP contribution >= 0.6 is 0 Å². The van der Waals surface area contributed by atoms with Gasteiger partial charge in [-0.15, -0.1) is 0 Å². The van der Waals surface area contributed by atoms with Crippen LogP contribution in [0.2, 0.25) is 0 Å². The van der Waals surface area contributed by atoms with Crippen LogP contribution in [0, 0.1) is 10.1 Å². The number of anilines is 1. The first-order valence-corrected chi connectivity index (χ1v) is 5.87. The minimum absolute atomic E-state index is 0.0145. The van der Waals surface area contributed by atoms with Gasteiger partial charge in [0.25, 0.3) is 5.91 Å². The summed E-state index contributed by atoms with van der Waals surface area (Å²) < 4.78 is 5.36. The summed E-state index contributed by atoms with van der Waals surface area (Å²) in [6.45, 7) is 1.09. The van der Waals surface area contributed by atoms with Crippen molar-refractivity contribution < 1.29 is 14.5 Å². The molecule has 19 heavy (non-hydrogen) atoms. The molecule has 1 saturated heterocycles. The summed E-state index contributed by atoms with van der Waals surface area (Å²) >= 11 is 0. The molecule has 0 spiro atoms. The van der Waals surface area contributed by atoms with Gasteiger partial charge < -0.3 is 15.8 Å². The summed E-state index contributed by atoms with van der Waals surface area (Å²) in [6.07, 6.45) is 3.11. The third-order valence-electron chi connectivity index (χ3n) is 2.87. The van der Waals surface area contributed by atoms with Crippen LogP contribution in [-0.4, -0.2) is 35.1 Å². The summed E-state index contributed by atoms with van der Waals surface area (Å²) in [6, 6.07) is 1.12. The molecule has 1 aliphatic heterocycles. The lowest BCUT2D eigenvalue weighted by molar-refractivity contribution is -0.384. The molecule has 3 N–H and O–H groups in total. The average molecular weight is 266 g/mol. The number of nitro groups is 1. The number of pyridine rings is 1. The van der Waals surface area contributed by atoms with Gasteiger partial charge in [0, 0.05) is 25.4 Å². The Bertz CT molecular complexity index is 499. The predicted octanol–water partition coefficient (Wildman–Crippen LogP) is 0.481. The maximum Gasteiger partial charge on any atom is 0.311 e. The number of nitrogens with zero attached hydrogens (tertiary/aromatic N) is 2. The van der Waals surface area contributed by atoms with Gasteiger partial charge in [-0.3, -0.25) is 14.9 Å². The van der Waals surface area contributed by atoms with E-state index in [9.17, 15) is 14.9 Å². The van der Waals surface area contributed by atoms with Gasteiger partial charge in [-0.25, -0.2) is 4.98 Å². The number of carbonyl (C=O) groups excluding carboxylic acids is 1. The molecule has 2 heterocycles. The summed E-state index contributed by atoms with van der Waals surface area (Å²) in [5, 5.41) is 13.4. The summed E-state index contributed by atoms with van der Waals surface area (Å²) in [4.78, 5) is 25.5. The molecule has 1 aromatic heterocycles. The highest BCUT2D eigenvalue weighted by Gasteiger charge is 2.19. The van der Waals surface area contributed by atoms with Crippen LogP contribution in [0.15, 0.2) is 12.3 Å². The highest BCUT2D eigenvalue weighted by molar-refractivity contribution is 5.94. The third kappa shape index (κ3) is 3.16. The van der Waals surface area contributed by atoms with Crippen molar-refractivity contribution in [2.75, 3.05) is 18.9 Å². The topological polar surface area (TPSA) is 120 Å². The second-order valence-corrected chi connectivity index (χ2v) is 4.23. The summed E-state index contributed by atoms with van der Waals surface area (Å²) in [5.41, 5.74) is 5.10. The van der Waals surface area contributed by atoms with Crippen molar-refractivity contribution in [2.24, 2.45) is 0 Å². The highest BCUT2D eigenvalue weighted by atomic mass is 16.6. The Morgan fingerprint density at radius 2 is 2.47 bits per heavy atom. The van der Waals surface area contributed by atoms with Gasteiger partial charge >= 0.3 is 5.69 Å². The first-order chi connectivity index (χ1) is 9.08. The molecule has 8 heteroatoms. The Morgan fingerprint density at radius 1 is 1.68 bits per heavy atom. The minimum atomic E-state index is -0.667. The number of aromatic nitrogens is 1. The lowest BCUT2D eigenvalue weighted by atomic mass is 10.2. The molecule has 1 amide bonds. The molecular weight excluding hydrogens is 252 g/mol. The van der Waals surface area contributed by atoms with E-state index in [1.807, 2.05) is 0 Å². The Balaban J connectivity index is 2.02. The highest BCUT2D eigenvalue weighted by Crippen LogP contribution is 2.19. The van der Waals surface area contributed by atoms with Crippen LogP contribution < -0.4 is 11.1 Å². The van der Waals surface area contributed by atoms with Gasteiger partial charge in [-0.2, -0.15) is 0 Å². The lowest BCUT2D eigenvalue weighted by Crippen LogP contribution is -2.31. The predicted molar refractivity (Wildman–Crippen MR) is 66.6 cm³/mol. The maximum absolute atomic E-state index is 11.8. The van der Waals surface area contributed by atoms with E-state index in [0.29, 0.717) is 13.2 Å². The van der Waals surface area contributed by atoms with Gasteiger partial charge in [0.05, 0.1) is 16.6 Å². The van der Waals surface area contributed by atoms with Crippen molar-refractivity contribution in [2.45, 2.75) is 18.9 Å². The fraction of sp³-hybridized carbons (Fsp3) is 0.455. The molecule has 1 fully saturated rings. The van der Waals surface area contributed by atoms with Crippen molar-refractivity contribution in [3.63, 3.8) is 0 Å². The average Bonchev–Trinajstić information content (AvgIpc) is 2.89. The van der Waals surface area contributed by atoms with Crippen LogP contribution in [0.5, 0.6) is 0 Å². The van der Waals surface area contributed by atoms with Crippen molar-refractivity contribution in [1.82, 2.24) is 10.3 Å². The Morgan fingerprint density at radius 3 is 3.11 bits per heavy atom. The molecule has 1 atom stereocenters. The van der Waals surface area contributed by atoms with E-state index in [0.717, 1.165) is 18.9 Å². The largest absolute Gasteiger partial charge is 0.378 e. The van der Waals surface area contributed by atoms with E-state index in [4.69, 9.17) is 10.5 Å². The molecule has 0 unspecified atom stereocenters. The quantitative estimate of drug-likeness (QED) is 0.604. The van der Waals surface area contributed by atoms with Crippen LogP contribution in [0.3, 0.4) is 0 Å². The monoisotopic (exact) mass is 266 g/mol. The fourth-order valence-electron chi connectivity index (χ4n) is 1.85. The fourth-order valence-corrected chi connectivity index (χ4v) is 1.85. The van der Waals surface area contributed by atoms with Crippen molar-refractivity contribution in [3.05, 3.63) is 27.9 Å². The Hall–Kier alpha value is -2.22. The number of nitrogens with one attached hydrogen (secondary N) is 1. The van der Waals surface area contributed by atoms with Gasteiger partial charge in [0.1, 0.15) is 0 Å². The molecule has 102 valence electrons. The van der Waals surface area contributed by atoms with E-state index in [1.54, 1.807) is 0 Å². The molecule has 0 aliphatic carbocycles. The minimum Gasteiger partial charge on any atom is -0.378 e. The number of nitrogen functional groups attached to an aromatic ring is 1. The van der Waals surface area contributed by atoms with Crippen LogP contribution in [-0.2, 0) is 4.74 Å². The van der Waals surface area contributed by atoms with Crippen LogP contribution in [0.4, 0.5) is 11.5 Å². The van der Waals surface area contributed by atoms with Crippen molar-refractivity contribution in [3.8, 4) is 0 Å². The zero-order valence-electron chi connectivity index (χ0n) is 10.2. The number of hydrogen-bond acceptors (Lipinski definition) is 6. The summed E-state index contributed by atoms with van der Waals surface area (Å²) in [5.74, 6) is -0.633. The van der Waals surface area contributed by atoms with Gasteiger partial charge in [0.2, 0.25) is 5.82 Å². The maximum atomic E-state index is 11.8. The zero-order valence-corrected chi connectivity index (χ0v) is 10.2. The molecule has 2 rings (SSSR count). The van der Waals surface area contributed by atoms with E-state index < -0.39 is 10.8 Å².